The zero-order valence-electron chi connectivity index (χ0n) is 23.3. The molecule has 0 radical (unpaired) electrons. The molecular formula is C27H28F6N8O2S. The molecule has 0 spiro atoms. The Morgan fingerprint density at radius 3 is 2.20 bits per heavy atom. The minimum Gasteiger partial charge on any atom is -0.383 e. The fourth-order valence-corrected chi connectivity index (χ4v) is 7.51. The highest BCUT2D eigenvalue weighted by Crippen LogP contribution is 2.48. The number of nitrogens with zero attached hydrogens (tertiary/aromatic N) is 6. The number of halogens is 6. The van der Waals surface area contributed by atoms with Crippen LogP contribution in [0.15, 0.2) is 24.5 Å². The van der Waals surface area contributed by atoms with Gasteiger partial charge >= 0.3 is 18.4 Å². The van der Waals surface area contributed by atoms with Crippen molar-refractivity contribution in [1.82, 2.24) is 29.4 Å². The Labute approximate surface area is 251 Å². The number of hydrogen-bond acceptors (Lipinski definition) is 8. The topological polar surface area (TPSA) is 136 Å². The third-order valence-corrected chi connectivity index (χ3v) is 9.76. The Bertz CT molecular complexity index is 1590. The third-order valence-electron chi connectivity index (χ3n) is 8.80. The van der Waals surface area contributed by atoms with Crippen molar-refractivity contribution in [2.24, 2.45) is 5.73 Å². The van der Waals surface area contributed by atoms with E-state index in [4.69, 9.17) is 16.5 Å². The van der Waals surface area contributed by atoms with Crippen LogP contribution in [0.5, 0.6) is 0 Å². The van der Waals surface area contributed by atoms with Crippen LogP contribution < -0.4 is 11.5 Å². The summed E-state index contributed by atoms with van der Waals surface area (Å²) in [5.41, 5.74) is 6.31. The van der Waals surface area contributed by atoms with E-state index < -0.39 is 23.6 Å². The highest BCUT2D eigenvalue weighted by molar-refractivity contribution is 7.99. The average Bonchev–Trinajstić information content (AvgIpc) is 3.69. The van der Waals surface area contributed by atoms with Crippen molar-refractivity contribution >= 4 is 35.0 Å². The van der Waals surface area contributed by atoms with Crippen LogP contribution in [0.25, 0.3) is 16.8 Å². The number of amides is 2. The number of thioether (sulfide) groups is 1. The van der Waals surface area contributed by atoms with E-state index >= 15 is 0 Å². The van der Waals surface area contributed by atoms with E-state index in [1.807, 2.05) is 9.80 Å². The van der Waals surface area contributed by atoms with Crippen molar-refractivity contribution in [2.45, 2.75) is 68.5 Å². The first-order valence-corrected chi connectivity index (χ1v) is 15.0. The molecule has 4 N–H and O–H groups in total. The van der Waals surface area contributed by atoms with Gasteiger partial charge in [0.25, 0.3) is 5.54 Å². The normalized spacial score (nSPS) is 22.7. The quantitative estimate of drug-likeness (QED) is 0.309. The van der Waals surface area contributed by atoms with E-state index in [1.54, 1.807) is 11.8 Å². The second-order valence-corrected chi connectivity index (χ2v) is 12.5. The number of pyridine rings is 1. The third kappa shape index (κ3) is 4.66. The zero-order chi connectivity index (χ0) is 31.8. The van der Waals surface area contributed by atoms with Gasteiger partial charge in [0.1, 0.15) is 5.82 Å². The van der Waals surface area contributed by atoms with Crippen LogP contribution in [-0.4, -0.2) is 83.8 Å². The molecule has 10 nitrogen and oxygen atoms in total. The minimum absolute atomic E-state index is 0.00314. The number of piperidine rings is 1. The van der Waals surface area contributed by atoms with Gasteiger partial charge in [-0.15, -0.1) is 11.8 Å². The molecule has 3 aliphatic rings. The van der Waals surface area contributed by atoms with Crippen LogP contribution in [0.3, 0.4) is 0 Å². The summed E-state index contributed by atoms with van der Waals surface area (Å²) in [6, 6.07) is 1.52. The van der Waals surface area contributed by atoms with E-state index in [-0.39, 0.29) is 58.0 Å². The SMILES string of the molecule is CC(=O)c1c(C2C[C@H]3CC[C@@H](C2)N3C(=O)N2CCSC2)nc2c(-c3ccc(C(N)(C(F)(F)F)C(F)(F)F)nc3)cnn2c1N. The van der Waals surface area contributed by atoms with E-state index in [2.05, 4.69) is 10.1 Å². The lowest BCUT2D eigenvalue weighted by molar-refractivity contribution is -0.303. The number of ketones is 1. The number of hydrogen-bond donors (Lipinski definition) is 2. The first-order valence-electron chi connectivity index (χ1n) is 13.9. The van der Waals surface area contributed by atoms with Gasteiger partial charge in [0, 0.05) is 47.6 Å². The van der Waals surface area contributed by atoms with Gasteiger partial charge in [0.15, 0.2) is 11.4 Å². The fraction of sp³-hybridized carbons (Fsp3) is 0.519. The Balaban J connectivity index is 1.37. The molecule has 3 aliphatic heterocycles. The summed E-state index contributed by atoms with van der Waals surface area (Å²) in [7, 11) is 0. The van der Waals surface area contributed by atoms with Crippen molar-refractivity contribution in [3.05, 3.63) is 41.5 Å². The van der Waals surface area contributed by atoms with E-state index in [0.29, 0.717) is 37.0 Å². The van der Waals surface area contributed by atoms with Gasteiger partial charge in [-0.25, -0.2) is 9.78 Å². The molecule has 3 fully saturated rings. The molecule has 6 rings (SSSR count). The Morgan fingerprint density at radius 2 is 1.68 bits per heavy atom. The number of urea groups is 1. The number of Topliss-reactive ketones (excluding diaryl/α,β-unsaturated/α-hetero) is 1. The van der Waals surface area contributed by atoms with Crippen LogP contribution in [0.4, 0.5) is 37.0 Å². The molecule has 0 aliphatic carbocycles. The van der Waals surface area contributed by atoms with Crippen LogP contribution in [0.2, 0.25) is 0 Å². The minimum atomic E-state index is -5.86. The number of nitrogens with two attached hydrogens (primary N) is 2. The first-order chi connectivity index (χ1) is 20.6. The smallest absolute Gasteiger partial charge is 0.383 e. The zero-order valence-corrected chi connectivity index (χ0v) is 24.1. The molecule has 3 saturated heterocycles. The maximum atomic E-state index is 13.5. The summed E-state index contributed by atoms with van der Waals surface area (Å²) in [5, 5.41) is 4.20. The fourth-order valence-electron chi connectivity index (χ4n) is 6.57. The Hall–Kier alpha value is -3.60. The highest BCUT2D eigenvalue weighted by Gasteiger charge is 2.70. The van der Waals surface area contributed by atoms with E-state index in [1.165, 1.54) is 17.6 Å². The summed E-state index contributed by atoms with van der Waals surface area (Å²) >= 11 is 1.71. The Morgan fingerprint density at radius 1 is 1.02 bits per heavy atom. The average molecular weight is 643 g/mol. The van der Waals surface area contributed by atoms with Gasteiger partial charge in [-0.3, -0.25) is 9.78 Å². The number of anilines is 1. The molecule has 236 valence electrons. The number of aromatic nitrogens is 4. The molecule has 0 aromatic carbocycles. The molecule has 17 heteroatoms. The molecule has 3 aromatic rings. The number of rotatable bonds is 4. The van der Waals surface area contributed by atoms with Crippen LogP contribution >= 0.6 is 11.8 Å². The molecule has 6 heterocycles. The van der Waals surface area contributed by atoms with Crippen molar-refractivity contribution in [3.63, 3.8) is 0 Å². The molecule has 44 heavy (non-hydrogen) atoms. The van der Waals surface area contributed by atoms with Crippen molar-refractivity contribution < 1.29 is 35.9 Å². The summed E-state index contributed by atoms with van der Waals surface area (Å²) in [6.07, 6.45) is -6.84. The molecule has 0 saturated carbocycles. The van der Waals surface area contributed by atoms with Crippen molar-refractivity contribution in [1.29, 1.82) is 0 Å². The lowest BCUT2D eigenvalue weighted by Crippen LogP contribution is -2.61. The van der Waals surface area contributed by atoms with Crippen molar-refractivity contribution in [3.8, 4) is 11.1 Å². The summed E-state index contributed by atoms with van der Waals surface area (Å²) in [5.74, 6) is 0.985. The van der Waals surface area contributed by atoms with Crippen LogP contribution in [0, 0.1) is 0 Å². The number of nitrogen functional groups attached to an aromatic ring is 1. The largest absolute Gasteiger partial charge is 0.421 e. The van der Waals surface area contributed by atoms with Gasteiger partial charge in [0.2, 0.25) is 0 Å². The molecule has 2 amide bonds. The molecule has 1 unspecified atom stereocenters. The number of carbonyl (C=O) groups excluding carboxylic acids is 2. The summed E-state index contributed by atoms with van der Waals surface area (Å²) < 4.78 is 82.0. The van der Waals surface area contributed by atoms with E-state index in [0.717, 1.165) is 30.9 Å². The summed E-state index contributed by atoms with van der Waals surface area (Å²) in [4.78, 5) is 38.1. The van der Waals surface area contributed by atoms with Gasteiger partial charge in [-0.2, -0.15) is 36.0 Å². The van der Waals surface area contributed by atoms with Crippen molar-refractivity contribution in [2.75, 3.05) is 23.9 Å². The monoisotopic (exact) mass is 642 g/mol. The summed E-state index contributed by atoms with van der Waals surface area (Å²) in [6.45, 7) is 2.05. The van der Waals surface area contributed by atoms with Gasteiger partial charge in [-0.1, -0.05) is 6.07 Å². The predicted molar refractivity (Wildman–Crippen MR) is 149 cm³/mol. The van der Waals surface area contributed by atoms with Gasteiger partial charge in [-0.05, 0) is 38.7 Å². The molecule has 2 bridgehead atoms. The standard InChI is InChI=1S/C27H28F6N8O2S/c1-13(42)20-21(15-8-16-3-4-17(9-15)40(16)24(43)39-6-7-44-12-39)38-23-18(11-37-41(23)22(20)34)14-2-5-19(36-10-14)25(35,26(28,29)30)27(31,32)33/h2,5,10-11,15-17H,3-4,6-9,12,34-35H2,1H3/t15?,16-,17+. The lowest BCUT2D eigenvalue weighted by Gasteiger charge is -2.40. The van der Waals surface area contributed by atoms with E-state index in [9.17, 15) is 35.9 Å². The first kappa shape index (κ1) is 30.4. The second-order valence-electron chi connectivity index (χ2n) is 11.4. The highest BCUT2D eigenvalue weighted by atomic mass is 32.2. The number of carbonyl (C=O) groups is 2. The maximum Gasteiger partial charge on any atom is 0.421 e. The van der Waals surface area contributed by atoms with Gasteiger partial charge < -0.3 is 21.3 Å². The molecule has 3 aromatic heterocycles. The molecule has 3 atom stereocenters. The van der Waals surface area contributed by atoms with Crippen LogP contribution in [-0.2, 0) is 5.54 Å². The molecular weight excluding hydrogens is 614 g/mol. The maximum absolute atomic E-state index is 13.5. The lowest BCUT2D eigenvalue weighted by atomic mass is 9.85. The van der Waals surface area contributed by atoms with Gasteiger partial charge in [0.05, 0.1) is 29.0 Å². The number of fused-ring (bicyclic) bond motifs is 3. The second kappa shape index (κ2) is 10.5. The van der Waals surface area contributed by atoms with Crippen LogP contribution in [0.1, 0.15) is 60.3 Å². The predicted octanol–water partition coefficient (Wildman–Crippen LogP) is 4.69. The Kier molecular flexibility index (Phi) is 7.26. The number of alkyl halides is 6.